The number of carbonyl (C=O) groups excluding carboxylic acids is 1. The van der Waals surface area contributed by atoms with E-state index in [0.29, 0.717) is 40.4 Å². The first-order valence-electron chi connectivity index (χ1n) is 10.0. The molecule has 10 heteroatoms. The van der Waals surface area contributed by atoms with Crippen LogP contribution in [0.15, 0.2) is 28.0 Å². The monoisotopic (exact) mass is 462 g/mol. The molecule has 1 saturated heterocycles. The highest BCUT2D eigenvalue weighted by atomic mass is 32.2. The number of ether oxygens (including phenoxy) is 1. The number of nitrogens with zero attached hydrogens (tertiary/aromatic N) is 3. The zero-order chi connectivity index (χ0) is 22.5. The van der Waals surface area contributed by atoms with E-state index in [4.69, 9.17) is 22.1 Å². The van der Waals surface area contributed by atoms with Crippen LogP contribution in [0, 0.1) is 12.8 Å². The summed E-state index contributed by atoms with van der Waals surface area (Å²) in [6.45, 7) is 7.38. The van der Waals surface area contributed by atoms with Crippen LogP contribution in [0.3, 0.4) is 0 Å². The second kappa shape index (κ2) is 10.4. The Morgan fingerprint density at radius 3 is 2.81 bits per heavy atom. The average Bonchev–Trinajstić information content (AvgIpc) is 2.98. The lowest BCUT2D eigenvalue weighted by Crippen LogP contribution is -2.31. The van der Waals surface area contributed by atoms with Gasteiger partial charge >= 0.3 is 0 Å². The molecule has 0 radical (unpaired) electrons. The Kier molecular flexibility index (Phi) is 7.82. The minimum atomic E-state index is -0.276. The topological polar surface area (TPSA) is 96.2 Å². The highest BCUT2D eigenvalue weighted by Crippen LogP contribution is 2.33. The Balaban J connectivity index is 2.00. The minimum Gasteiger partial charge on any atom is -0.394 e. The van der Waals surface area contributed by atoms with Crippen molar-refractivity contribution in [2.45, 2.75) is 20.8 Å². The van der Waals surface area contributed by atoms with Crippen molar-refractivity contribution >= 4 is 51.7 Å². The molecule has 3 rings (SSSR count). The third-order valence-corrected chi connectivity index (χ3v) is 5.85. The molecule has 2 aromatic rings. The number of anilines is 1. The number of thiocarbonyl (C=S) groups is 1. The van der Waals surface area contributed by atoms with Crippen LogP contribution in [0.1, 0.15) is 25.0 Å². The molecule has 1 fully saturated rings. The molecule has 0 aromatic carbocycles. The Morgan fingerprint density at radius 2 is 2.10 bits per heavy atom. The summed E-state index contributed by atoms with van der Waals surface area (Å²) in [4.78, 5) is 32.7. The fraction of sp³-hybridized carbons (Fsp3) is 0.429. The van der Waals surface area contributed by atoms with Crippen molar-refractivity contribution in [3.63, 3.8) is 0 Å². The van der Waals surface area contributed by atoms with E-state index >= 15 is 0 Å². The normalized spacial score (nSPS) is 15.6. The first-order valence-corrected chi connectivity index (χ1v) is 11.2. The summed E-state index contributed by atoms with van der Waals surface area (Å²) in [7, 11) is 0. The summed E-state index contributed by atoms with van der Waals surface area (Å²) in [5.74, 6) is 0.444. The molecule has 0 atom stereocenters. The van der Waals surface area contributed by atoms with Crippen molar-refractivity contribution in [1.29, 1.82) is 0 Å². The second-order valence-electron chi connectivity index (χ2n) is 7.56. The molecule has 8 nitrogen and oxygen atoms in total. The molecule has 2 N–H and O–H groups in total. The van der Waals surface area contributed by atoms with Gasteiger partial charge in [-0.3, -0.25) is 18.9 Å². The van der Waals surface area contributed by atoms with Gasteiger partial charge in [0.2, 0.25) is 0 Å². The van der Waals surface area contributed by atoms with Gasteiger partial charge in [0.15, 0.2) is 0 Å². The number of rotatable bonds is 9. The highest BCUT2D eigenvalue weighted by molar-refractivity contribution is 8.26. The van der Waals surface area contributed by atoms with E-state index in [-0.39, 0.29) is 36.2 Å². The van der Waals surface area contributed by atoms with Gasteiger partial charge in [0.25, 0.3) is 11.5 Å². The molecule has 166 valence electrons. The fourth-order valence-electron chi connectivity index (χ4n) is 3.09. The number of aryl methyl sites for hydroxylation is 1. The lowest BCUT2D eigenvalue weighted by atomic mass is 10.2. The van der Waals surface area contributed by atoms with Crippen molar-refractivity contribution in [2.24, 2.45) is 5.92 Å². The maximum absolute atomic E-state index is 13.3. The third kappa shape index (κ3) is 5.51. The zero-order valence-electron chi connectivity index (χ0n) is 17.8. The van der Waals surface area contributed by atoms with E-state index in [2.05, 4.69) is 10.3 Å². The number of amides is 1. The van der Waals surface area contributed by atoms with E-state index in [0.717, 1.165) is 5.56 Å². The molecule has 2 aromatic heterocycles. The lowest BCUT2D eigenvalue weighted by molar-refractivity contribution is -0.122. The number of fused-ring (bicyclic) bond motifs is 1. The van der Waals surface area contributed by atoms with Crippen LogP contribution in [0.4, 0.5) is 5.82 Å². The predicted molar refractivity (Wildman–Crippen MR) is 127 cm³/mol. The first-order chi connectivity index (χ1) is 14.8. The minimum absolute atomic E-state index is 0.0571. The van der Waals surface area contributed by atoms with Crippen molar-refractivity contribution in [1.82, 2.24) is 14.3 Å². The number of pyridine rings is 1. The van der Waals surface area contributed by atoms with Gasteiger partial charge in [0, 0.05) is 19.3 Å². The summed E-state index contributed by atoms with van der Waals surface area (Å²) >= 11 is 6.57. The first kappa shape index (κ1) is 23.4. The van der Waals surface area contributed by atoms with Gasteiger partial charge in [-0.2, -0.15) is 0 Å². The number of thioether (sulfide) groups is 1. The number of aliphatic hydroxyl groups is 1. The second-order valence-corrected chi connectivity index (χ2v) is 9.24. The quantitative estimate of drug-likeness (QED) is 0.333. The molecule has 31 heavy (non-hydrogen) atoms. The molecule has 1 aliphatic rings. The van der Waals surface area contributed by atoms with Gasteiger partial charge in [-0.1, -0.05) is 43.9 Å². The number of aliphatic hydroxyl groups excluding tert-OH is 1. The van der Waals surface area contributed by atoms with Gasteiger partial charge in [0.05, 0.1) is 30.3 Å². The van der Waals surface area contributed by atoms with E-state index in [1.807, 2.05) is 26.8 Å². The lowest BCUT2D eigenvalue weighted by Gasteiger charge is -2.16. The van der Waals surface area contributed by atoms with Crippen molar-refractivity contribution < 1.29 is 14.6 Å². The van der Waals surface area contributed by atoms with Crippen molar-refractivity contribution in [3.05, 3.63) is 44.7 Å². The van der Waals surface area contributed by atoms with Crippen molar-refractivity contribution in [3.8, 4) is 0 Å². The van der Waals surface area contributed by atoms with Gasteiger partial charge in [-0.15, -0.1) is 0 Å². The highest BCUT2D eigenvalue weighted by Gasteiger charge is 2.32. The van der Waals surface area contributed by atoms with Gasteiger partial charge in [-0.25, -0.2) is 4.98 Å². The maximum Gasteiger partial charge on any atom is 0.267 e. The number of hydrogen-bond donors (Lipinski definition) is 2. The Bertz CT molecular complexity index is 1080. The van der Waals surface area contributed by atoms with Crippen LogP contribution in [0.2, 0.25) is 0 Å². The fourth-order valence-corrected chi connectivity index (χ4v) is 4.34. The summed E-state index contributed by atoms with van der Waals surface area (Å²) in [6, 6.07) is 3.66. The van der Waals surface area contributed by atoms with E-state index in [1.54, 1.807) is 23.2 Å². The van der Waals surface area contributed by atoms with E-state index < -0.39 is 0 Å². The molecule has 1 amide bonds. The molecule has 0 unspecified atom stereocenters. The SMILES string of the molecule is Cc1ccc2nc(NCCOCCO)c(/C=C3/SC(=S)N(CC(C)C)C3=O)c(=O)n2c1. The summed E-state index contributed by atoms with van der Waals surface area (Å²) in [5, 5.41) is 11.9. The van der Waals surface area contributed by atoms with Gasteiger partial charge in [-0.05, 0) is 30.5 Å². The maximum atomic E-state index is 13.3. The molecule has 0 spiro atoms. The van der Waals surface area contributed by atoms with Crippen LogP contribution < -0.4 is 10.9 Å². The number of aromatic nitrogens is 2. The largest absolute Gasteiger partial charge is 0.394 e. The number of nitrogens with one attached hydrogen (secondary N) is 1. The standard InChI is InChI=1S/C21H26N4O4S2/c1-13(2)11-25-20(28)16(31-21(25)30)10-15-18(22-6-8-29-9-7-26)23-17-5-4-14(3)12-24(17)19(15)27/h4-5,10,12-13,22,26H,6-9,11H2,1-3H3/b16-10+. The molecule has 3 heterocycles. The van der Waals surface area contributed by atoms with Gasteiger partial charge in [0.1, 0.15) is 15.8 Å². The molecular formula is C21H26N4O4S2. The average molecular weight is 463 g/mol. The number of carbonyl (C=O) groups is 1. The van der Waals surface area contributed by atoms with Gasteiger partial charge < -0.3 is 15.2 Å². The van der Waals surface area contributed by atoms with Crippen molar-refractivity contribution in [2.75, 3.05) is 38.2 Å². The summed E-state index contributed by atoms with van der Waals surface area (Å²) in [5.41, 5.74) is 1.43. The Morgan fingerprint density at radius 1 is 1.32 bits per heavy atom. The Hall–Kier alpha value is -2.27. The molecule has 0 saturated carbocycles. The Labute approximate surface area is 190 Å². The smallest absolute Gasteiger partial charge is 0.267 e. The summed E-state index contributed by atoms with van der Waals surface area (Å²) < 4.78 is 7.24. The molecule has 0 aliphatic carbocycles. The van der Waals surface area contributed by atoms with Crippen LogP contribution in [0.5, 0.6) is 0 Å². The summed E-state index contributed by atoms with van der Waals surface area (Å²) in [6.07, 6.45) is 3.29. The van der Waals surface area contributed by atoms with Crippen LogP contribution in [-0.4, -0.2) is 62.5 Å². The third-order valence-electron chi connectivity index (χ3n) is 4.48. The van der Waals surface area contributed by atoms with E-state index in [9.17, 15) is 9.59 Å². The number of hydrogen-bond acceptors (Lipinski definition) is 8. The van der Waals surface area contributed by atoms with Crippen LogP contribution in [-0.2, 0) is 9.53 Å². The van der Waals surface area contributed by atoms with Crippen LogP contribution >= 0.6 is 24.0 Å². The molecule has 0 bridgehead atoms. The predicted octanol–water partition coefficient (Wildman–Crippen LogP) is 2.28. The van der Waals surface area contributed by atoms with Crippen LogP contribution in [0.25, 0.3) is 11.7 Å². The van der Waals surface area contributed by atoms with E-state index in [1.165, 1.54) is 16.2 Å². The zero-order valence-corrected chi connectivity index (χ0v) is 19.4. The molecule has 1 aliphatic heterocycles. The molecular weight excluding hydrogens is 436 g/mol.